The molecule has 1 aromatic carbocycles. The number of rotatable bonds is 4. The van der Waals surface area contributed by atoms with Crippen LogP contribution in [-0.4, -0.2) is 26.8 Å². The van der Waals surface area contributed by atoms with E-state index in [1.165, 1.54) is 30.4 Å². The van der Waals surface area contributed by atoms with Crippen LogP contribution < -0.4 is 5.32 Å². The van der Waals surface area contributed by atoms with E-state index in [9.17, 15) is 0 Å². The van der Waals surface area contributed by atoms with Crippen LogP contribution in [0, 0.1) is 5.92 Å². The molecule has 0 heterocycles. The number of hydrogen-bond donors (Lipinski definition) is 1. The number of likely N-dealkylation sites (N-methyl/N-ethyl adjacent to an activating group) is 1. The first-order valence-electron chi connectivity index (χ1n) is 6.08. The quantitative estimate of drug-likeness (QED) is 0.836. The average molecular weight is 219 g/mol. The molecule has 2 unspecified atom stereocenters. The number of methoxy groups -OCH3 is 1. The van der Waals surface area contributed by atoms with Crippen molar-refractivity contribution in [1.29, 1.82) is 0 Å². The zero-order chi connectivity index (χ0) is 11.4. The lowest BCUT2D eigenvalue weighted by molar-refractivity contribution is 0.138. The fourth-order valence-corrected chi connectivity index (χ4v) is 2.70. The lowest BCUT2D eigenvalue weighted by Crippen LogP contribution is -2.40. The van der Waals surface area contributed by atoms with Gasteiger partial charge in [0.1, 0.15) is 0 Å². The number of aryl methyl sites for hydroxylation is 1. The van der Waals surface area contributed by atoms with Crippen molar-refractivity contribution in [1.82, 2.24) is 5.32 Å². The van der Waals surface area contributed by atoms with Crippen LogP contribution >= 0.6 is 0 Å². The van der Waals surface area contributed by atoms with Gasteiger partial charge in [-0.25, -0.2) is 0 Å². The van der Waals surface area contributed by atoms with E-state index in [0.29, 0.717) is 12.0 Å². The van der Waals surface area contributed by atoms with Crippen LogP contribution in [0.3, 0.4) is 0 Å². The van der Waals surface area contributed by atoms with Gasteiger partial charge in [-0.05, 0) is 43.4 Å². The first-order chi connectivity index (χ1) is 7.85. The molecule has 1 aliphatic rings. The highest BCUT2D eigenvalue weighted by atomic mass is 16.5. The van der Waals surface area contributed by atoms with Crippen LogP contribution in [0.1, 0.15) is 17.5 Å². The maximum atomic E-state index is 5.27. The van der Waals surface area contributed by atoms with Crippen molar-refractivity contribution in [3.63, 3.8) is 0 Å². The fourth-order valence-electron chi connectivity index (χ4n) is 2.70. The van der Waals surface area contributed by atoms with Gasteiger partial charge in [-0.15, -0.1) is 0 Å². The molecule has 2 nitrogen and oxygen atoms in total. The summed E-state index contributed by atoms with van der Waals surface area (Å²) in [5.74, 6) is 0.708. The first kappa shape index (κ1) is 11.6. The highest BCUT2D eigenvalue weighted by Gasteiger charge is 2.24. The van der Waals surface area contributed by atoms with E-state index in [1.54, 1.807) is 7.11 Å². The van der Waals surface area contributed by atoms with Gasteiger partial charge < -0.3 is 10.1 Å². The maximum Gasteiger partial charge on any atom is 0.0618 e. The minimum atomic E-state index is 0.485. The van der Waals surface area contributed by atoms with E-state index in [4.69, 9.17) is 4.74 Å². The van der Waals surface area contributed by atoms with Crippen LogP contribution in [0.2, 0.25) is 0 Å². The maximum absolute atomic E-state index is 5.27. The number of nitrogens with one attached hydrogen (secondary N) is 1. The van der Waals surface area contributed by atoms with Gasteiger partial charge in [0.15, 0.2) is 0 Å². The summed E-state index contributed by atoms with van der Waals surface area (Å²) in [7, 11) is 3.81. The van der Waals surface area contributed by atoms with E-state index in [0.717, 1.165) is 6.61 Å². The van der Waals surface area contributed by atoms with Crippen LogP contribution in [0.25, 0.3) is 0 Å². The van der Waals surface area contributed by atoms with Crippen molar-refractivity contribution in [2.24, 2.45) is 5.92 Å². The Hall–Kier alpha value is -0.860. The SMILES string of the molecule is CNC(COC)C1CCc2ccccc2C1. The summed E-state index contributed by atoms with van der Waals surface area (Å²) in [6, 6.07) is 9.30. The predicted molar refractivity (Wildman–Crippen MR) is 66.7 cm³/mol. The van der Waals surface area contributed by atoms with Crippen LogP contribution in [0.5, 0.6) is 0 Å². The van der Waals surface area contributed by atoms with Gasteiger partial charge >= 0.3 is 0 Å². The molecule has 1 aromatic rings. The molecule has 0 saturated carbocycles. The minimum Gasteiger partial charge on any atom is -0.383 e. The van der Waals surface area contributed by atoms with E-state index in [2.05, 4.69) is 29.6 Å². The summed E-state index contributed by atoms with van der Waals surface area (Å²) in [5.41, 5.74) is 3.06. The topological polar surface area (TPSA) is 21.3 Å². The van der Waals surface area contributed by atoms with Gasteiger partial charge in [0.25, 0.3) is 0 Å². The van der Waals surface area contributed by atoms with E-state index >= 15 is 0 Å². The Bertz CT molecular complexity index is 337. The highest BCUT2D eigenvalue weighted by Crippen LogP contribution is 2.27. The van der Waals surface area contributed by atoms with Gasteiger partial charge in [-0.3, -0.25) is 0 Å². The third kappa shape index (κ3) is 2.45. The molecule has 2 atom stereocenters. The molecule has 0 bridgehead atoms. The van der Waals surface area contributed by atoms with Crippen molar-refractivity contribution >= 4 is 0 Å². The summed E-state index contributed by atoms with van der Waals surface area (Å²) in [6.07, 6.45) is 3.67. The molecule has 2 rings (SSSR count). The Kier molecular flexibility index (Phi) is 3.97. The molecular weight excluding hydrogens is 198 g/mol. The Morgan fingerprint density at radius 2 is 2.12 bits per heavy atom. The number of ether oxygens (including phenoxy) is 1. The normalized spacial score (nSPS) is 21.5. The highest BCUT2D eigenvalue weighted by molar-refractivity contribution is 5.29. The van der Waals surface area contributed by atoms with E-state index in [1.807, 2.05) is 7.05 Å². The van der Waals surface area contributed by atoms with Crippen LogP contribution in [0.4, 0.5) is 0 Å². The van der Waals surface area contributed by atoms with Gasteiger partial charge in [-0.1, -0.05) is 24.3 Å². The molecule has 16 heavy (non-hydrogen) atoms. The largest absolute Gasteiger partial charge is 0.383 e. The summed E-state index contributed by atoms with van der Waals surface area (Å²) in [5, 5.41) is 3.38. The third-order valence-corrected chi connectivity index (χ3v) is 3.67. The Balaban J connectivity index is 2.06. The number of hydrogen-bond acceptors (Lipinski definition) is 2. The molecule has 2 heteroatoms. The van der Waals surface area contributed by atoms with Gasteiger partial charge in [0.2, 0.25) is 0 Å². The summed E-state index contributed by atoms with van der Waals surface area (Å²) in [6.45, 7) is 0.809. The smallest absolute Gasteiger partial charge is 0.0618 e. The standard InChI is InChI=1S/C14H21NO/c1-15-14(10-16-2)13-8-7-11-5-3-4-6-12(11)9-13/h3-6,13-15H,7-10H2,1-2H3. The zero-order valence-corrected chi connectivity index (χ0v) is 10.2. The van der Waals surface area contributed by atoms with Crippen LogP contribution in [0.15, 0.2) is 24.3 Å². The van der Waals surface area contributed by atoms with E-state index in [-0.39, 0.29) is 0 Å². The third-order valence-electron chi connectivity index (χ3n) is 3.67. The molecular formula is C14H21NO. The monoisotopic (exact) mass is 219 g/mol. The molecule has 0 saturated heterocycles. The molecule has 0 aromatic heterocycles. The number of benzene rings is 1. The zero-order valence-electron chi connectivity index (χ0n) is 10.2. The van der Waals surface area contributed by atoms with Crippen molar-refractivity contribution in [3.8, 4) is 0 Å². The van der Waals surface area contributed by atoms with Crippen molar-refractivity contribution in [2.75, 3.05) is 20.8 Å². The lowest BCUT2D eigenvalue weighted by Gasteiger charge is -2.31. The Morgan fingerprint density at radius 1 is 1.38 bits per heavy atom. The molecule has 0 fully saturated rings. The molecule has 0 amide bonds. The van der Waals surface area contributed by atoms with E-state index < -0.39 is 0 Å². The second kappa shape index (κ2) is 5.46. The van der Waals surface area contributed by atoms with Crippen molar-refractivity contribution < 1.29 is 4.74 Å². The lowest BCUT2D eigenvalue weighted by atomic mass is 9.80. The molecule has 0 aliphatic heterocycles. The number of fused-ring (bicyclic) bond motifs is 1. The first-order valence-corrected chi connectivity index (χ1v) is 6.08. The molecule has 0 spiro atoms. The minimum absolute atomic E-state index is 0.485. The molecule has 0 radical (unpaired) electrons. The van der Waals surface area contributed by atoms with Gasteiger partial charge in [0.05, 0.1) is 6.61 Å². The predicted octanol–water partition coefficient (Wildman–Crippen LogP) is 2.03. The Morgan fingerprint density at radius 3 is 2.81 bits per heavy atom. The fraction of sp³-hybridized carbons (Fsp3) is 0.571. The molecule has 1 aliphatic carbocycles. The molecule has 1 N–H and O–H groups in total. The summed E-state index contributed by atoms with van der Waals surface area (Å²) < 4.78 is 5.27. The van der Waals surface area contributed by atoms with Crippen molar-refractivity contribution in [3.05, 3.63) is 35.4 Å². The van der Waals surface area contributed by atoms with Crippen molar-refractivity contribution in [2.45, 2.75) is 25.3 Å². The summed E-state index contributed by atoms with van der Waals surface area (Å²) >= 11 is 0. The second-order valence-electron chi connectivity index (χ2n) is 4.62. The molecule has 88 valence electrons. The summed E-state index contributed by atoms with van der Waals surface area (Å²) in [4.78, 5) is 0. The van der Waals surface area contributed by atoms with Crippen LogP contribution in [-0.2, 0) is 17.6 Å². The van der Waals surface area contributed by atoms with Gasteiger partial charge in [0, 0.05) is 13.2 Å². The average Bonchev–Trinajstić information content (AvgIpc) is 2.35. The van der Waals surface area contributed by atoms with Gasteiger partial charge in [-0.2, -0.15) is 0 Å². The Labute approximate surface area is 98.0 Å². The second-order valence-corrected chi connectivity index (χ2v) is 4.62.